The van der Waals surface area contributed by atoms with E-state index in [1.54, 1.807) is 6.20 Å². The number of aromatic nitrogens is 5. The highest BCUT2D eigenvalue weighted by Gasteiger charge is 2.21. The molecule has 36 heavy (non-hydrogen) atoms. The zero-order chi connectivity index (χ0) is 25.1. The fourth-order valence-corrected chi connectivity index (χ4v) is 5.00. The van der Waals surface area contributed by atoms with E-state index >= 15 is 0 Å². The van der Waals surface area contributed by atoms with Gasteiger partial charge in [-0.1, -0.05) is 6.07 Å². The van der Waals surface area contributed by atoms with Gasteiger partial charge in [-0.2, -0.15) is 5.10 Å². The fraction of sp³-hybridized carbons (Fsp3) is 0.407. The van der Waals surface area contributed by atoms with Gasteiger partial charge < -0.3 is 14.7 Å². The van der Waals surface area contributed by atoms with Crippen LogP contribution in [0, 0.1) is 0 Å². The van der Waals surface area contributed by atoms with Crippen LogP contribution in [0.2, 0.25) is 0 Å². The zero-order valence-electron chi connectivity index (χ0n) is 21.2. The molecule has 5 heterocycles. The third-order valence-electron chi connectivity index (χ3n) is 6.35. The third-order valence-corrected chi connectivity index (χ3v) is 7.74. The summed E-state index contributed by atoms with van der Waals surface area (Å²) in [5.41, 5.74) is 4.28. The Morgan fingerprint density at radius 3 is 2.78 bits per heavy atom. The first-order valence-corrected chi connectivity index (χ1v) is 15.3. The van der Waals surface area contributed by atoms with Gasteiger partial charge in [0.1, 0.15) is 18.2 Å². The highest BCUT2D eigenvalue weighted by Crippen LogP contribution is 2.34. The first kappa shape index (κ1) is 24.7. The van der Waals surface area contributed by atoms with Crippen LogP contribution >= 0.6 is 10.0 Å². The van der Waals surface area contributed by atoms with Crippen molar-refractivity contribution in [2.24, 2.45) is 0 Å². The Hall–Kier alpha value is -3.01. The summed E-state index contributed by atoms with van der Waals surface area (Å²) in [7, 11) is -0.620. The Balaban J connectivity index is 1.52. The summed E-state index contributed by atoms with van der Waals surface area (Å²) < 4.78 is 7.90. The van der Waals surface area contributed by atoms with Crippen LogP contribution in [-0.2, 0) is 11.5 Å². The molecule has 190 valence electrons. The molecule has 0 unspecified atom stereocenters. The van der Waals surface area contributed by atoms with Gasteiger partial charge in [0.15, 0.2) is 0 Å². The van der Waals surface area contributed by atoms with Crippen LogP contribution in [0.4, 0.5) is 5.82 Å². The van der Waals surface area contributed by atoms with Gasteiger partial charge >= 0.3 is 0 Å². The lowest BCUT2D eigenvalue weighted by atomic mass is 10.1. The average molecular weight is 507 g/mol. The summed E-state index contributed by atoms with van der Waals surface area (Å²) in [6, 6.07) is 12.0. The van der Waals surface area contributed by atoms with Crippen molar-refractivity contribution >= 4 is 26.7 Å². The van der Waals surface area contributed by atoms with Crippen molar-refractivity contribution in [3.8, 4) is 22.6 Å². The number of rotatable bonds is 8. The molecular formula is C27H34N6O2S. The lowest BCUT2D eigenvalue weighted by molar-refractivity contribution is 0.0842. The van der Waals surface area contributed by atoms with Crippen molar-refractivity contribution in [1.82, 2.24) is 24.7 Å². The van der Waals surface area contributed by atoms with Gasteiger partial charge in [-0.15, -0.1) is 0 Å². The number of fused-ring (bicyclic) bond motifs is 1. The van der Waals surface area contributed by atoms with Gasteiger partial charge in [-0.3, -0.25) is 9.97 Å². The van der Waals surface area contributed by atoms with Crippen LogP contribution in [0.25, 0.3) is 33.5 Å². The molecule has 0 amide bonds. The molecule has 5 rings (SSSR count). The molecule has 1 aliphatic heterocycles. The lowest BCUT2D eigenvalue weighted by Crippen LogP contribution is -2.38. The van der Waals surface area contributed by atoms with Crippen LogP contribution in [0.1, 0.15) is 12.8 Å². The summed E-state index contributed by atoms with van der Waals surface area (Å²) >= 11 is 0. The zero-order valence-corrected chi connectivity index (χ0v) is 22.0. The predicted molar refractivity (Wildman–Crippen MR) is 148 cm³/mol. The Labute approximate surface area is 213 Å². The third kappa shape index (κ3) is 5.69. The minimum absolute atomic E-state index is 0.315. The number of aliphatic hydroxyl groups excluding tert-OH is 1. The second-order valence-electron chi connectivity index (χ2n) is 10.1. The van der Waals surface area contributed by atoms with Crippen molar-refractivity contribution < 1.29 is 9.84 Å². The van der Waals surface area contributed by atoms with E-state index in [1.165, 1.54) is 0 Å². The molecule has 0 saturated carbocycles. The summed E-state index contributed by atoms with van der Waals surface area (Å²) in [4.78, 5) is 16.1. The first-order valence-electron chi connectivity index (χ1n) is 12.3. The summed E-state index contributed by atoms with van der Waals surface area (Å²) in [5, 5.41) is 16.1. The highest BCUT2D eigenvalue weighted by molar-refractivity contribution is 8.32. The molecular weight excluding hydrogens is 472 g/mol. The standard InChI is InChI=1S/C27H34N6O2S/c1-36(2,3)14-13-35-19-33-25-17-29-24(20-7-5-11-28-16-20)15-22(25)27(31-33)23-9-4-10-26(30-23)32-12-6-8-21(34)18-32/h4-5,7,9-11,15-17,21,34H,6,8,12-14,18-19H2,1-3H3/t21-/m0/s1. The predicted octanol–water partition coefficient (Wildman–Crippen LogP) is 4.18. The summed E-state index contributed by atoms with van der Waals surface area (Å²) in [6.07, 6.45) is 13.8. The van der Waals surface area contributed by atoms with Crippen molar-refractivity contribution in [2.75, 3.05) is 49.1 Å². The molecule has 0 spiro atoms. The van der Waals surface area contributed by atoms with E-state index in [9.17, 15) is 5.11 Å². The van der Waals surface area contributed by atoms with Crippen molar-refractivity contribution in [2.45, 2.75) is 25.7 Å². The van der Waals surface area contributed by atoms with E-state index in [2.05, 4.69) is 34.7 Å². The number of hydrogen-bond acceptors (Lipinski definition) is 7. The molecule has 0 bridgehead atoms. The number of hydrogen-bond donors (Lipinski definition) is 1. The van der Waals surface area contributed by atoms with Gasteiger partial charge in [-0.25, -0.2) is 19.7 Å². The lowest BCUT2D eigenvalue weighted by Gasteiger charge is -2.31. The number of β-amino-alcohol motifs (C(OH)–C–C–N with tert-alkyl or cyclic N) is 1. The van der Waals surface area contributed by atoms with Crippen LogP contribution in [0.15, 0.2) is 55.0 Å². The van der Waals surface area contributed by atoms with E-state index in [0.29, 0.717) is 19.9 Å². The smallest absolute Gasteiger partial charge is 0.140 e. The first-order chi connectivity index (χ1) is 17.4. The molecule has 0 aromatic carbocycles. The maximum absolute atomic E-state index is 10.2. The molecule has 0 aliphatic carbocycles. The van der Waals surface area contributed by atoms with Crippen LogP contribution < -0.4 is 4.90 Å². The SMILES string of the molecule is CS(C)(C)CCOCn1nc(-c2cccc(N3CCC[C@H](O)C3)n2)c2cc(-c3cccnc3)ncc21. The van der Waals surface area contributed by atoms with E-state index in [-0.39, 0.29) is 6.10 Å². The van der Waals surface area contributed by atoms with E-state index in [4.69, 9.17) is 19.8 Å². The van der Waals surface area contributed by atoms with E-state index < -0.39 is 10.0 Å². The van der Waals surface area contributed by atoms with Crippen LogP contribution in [0.5, 0.6) is 0 Å². The Bertz CT molecular complexity index is 1320. The monoisotopic (exact) mass is 506 g/mol. The highest BCUT2D eigenvalue weighted by atomic mass is 32.3. The minimum atomic E-state index is -0.620. The molecule has 9 heteroatoms. The second kappa shape index (κ2) is 10.5. The van der Waals surface area contributed by atoms with Gasteiger partial charge in [-0.05, 0) is 61.9 Å². The summed E-state index contributed by atoms with van der Waals surface area (Å²) in [5.74, 6) is 1.91. The normalized spacial score (nSPS) is 17.0. The number of nitrogens with zero attached hydrogens (tertiary/aromatic N) is 6. The topological polar surface area (TPSA) is 89.2 Å². The number of ether oxygens (including phenoxy) is 1. The van der Waals surface area contributed by atoms with Crippen LogP contribution in [0.3, 0.4) is 0 Å². The molecule has 0 radical (unpaired) electrons. The molecule has 1 saturated heterocycles. The molecule has 1 fully saturated rings. The fourth-order valence-electron chi connectivity index (χ4n) is 4.39. The largest absolute Gasteiger partial charge is 0.391 e. The molecule has 1 atom stereocenters. The number of anilines is 1. The maximum Gasteiger partial charge on any atom is 0.140 e. The second-order valence-corrected chi connectivity index (χ2v) is 14.7. The van der Waals surface area contributed by atoms with Gasteiger partial charge in [0.2, 0.25) is 0 Å². The van der Waals surface area contributed by atoms with Crippen LogP contribution in [-0.4, -0.2) is 80.2 Å². The van der Waals surface area contributed by atoms with Crippen molar-refractivity contribution in [1.29, 1.82) is 0 Å². The van der Waals surface area contributed by atoms with Gasteiger partial charge in [0.25, 0.3) is 0 Å². The minimum Gasteiger partial charge on any atom is -0.391 e. The number of piperidine rings is 1. The quantitative estimate of drug-likeness (QED) is 0.359. The maximum atomic E-state index is 10.2. The van der Waals surface area contributed by atoms with E-state index in [1.807, 2.05) is 47.4 Å². The molecule has 4 aromatic heterocycles. The summed E-state index contributed by atoms with van der Waals surface area (Å²) in [6.45, 7) is 2.55. The average Bonchev–Trinajstić information content (AvgIpc) is 3.24. The molecule has 4 aromatic rings. The van der Waals surface area contributed by atoms with Gasteiger partial charge in [0.05, 0.1) is 35.8 Å². The van der Waals surface area contributed by atoms with Crippen molar-refractivity contribution in [3.05, 3.63) is 55.0 Å². The number of pyridine rings is 3. The van der Waals surface area contributed by atoms with Gasteiger partial charge in [0, 0.05) is 42.2 Å². The Morgan fingerprint density at radius 1 is 1.11 bits per heavy atom. The van der Waals surface area contributed by atoms with Crippen molar-refractivity contribution in [3.63, 3.8) is 0 Å². The molecule has 8 nitrogen and oxygen atoms in total. The molecule has 1 aliphatic rings. The Kier molecular flexibility index (Phi) is 7.22. The number of aliphatic hydroxyl groups is 1. The molecule has 1 N–H and O–H groups in total. The Morgan fingerprint density at radius 2 is 2.00 bits per heavy atom. The van der Waals surface area contributed by atoms with E-state index in [0.717, 1.165) is 64.5 Å².